The van der Waals surface area contributed by atoms with Crippen LogP contribution < -0.4 is 24.4 Å². The Morgan fingerprint density at radius 3 is 2.10 bits per heavy atom. The number of hydrogen-bond acceptors (Lipinski definition) is 7. The lowest BCUT2D eigenvalue weighted by Gasteiger charge is -2.03. The number of rotatable bonds is 2. The van der Waals surface area contributed by atoms with Crippen molar-refractivity contribution in [3.8, 4) is 10.4 Å². The largest absolute Gasteiger partial charge is 0.366 e. The molecule has 0 saturated carbocycles. The Morgan fingerprint density at radius 1 is 1.14 bits per heavy atom. The topological polar surface area (TPSA) is 156 Å². The quantitative estimate of drug-likeness (QED) is 0.573. The van der Waals surface area contributed by atoms with E-state index in [1.807, 2.05) is 36.4 Å². The summed E-state index contributed by atoms with van der Waals surface area (Å²) in [5, 5.41) is 7.71. The van der Waals surface area contributed by atoms with Crippen molar-refractivity contribution in [1.82, 2.24) is 0 Å². The van der Waals surface area contributed by atoms with Crippen molar-refractivity contribution in [3.05, 3.63) is 52.7 Å². The maximum absolute atomic E-state index is 11.0. The van der Waals surface area contributed by atoms with Crippen LogP contribution in [0.4, 0.5) is 0 Å². The molecule has 1 aromatic heterocycles. The van der Waals surface area contributed by atoms with E-state index >= 15 is 0 Å². The highest BCUT2D eigenvalue weighted by Crippen LogP contribution is 2.21. The summed E-state index contributed by atoms with van der Waals surface area (Å²) < 4.78 is 32.9. The van der Waals surface area contributed by atoms with Crippen molar-refractivity contribution in [2.24, 2.45) is 5.73 Å². The van der Waals surface area contributed by atoms with E-state index in [4.69, 9.17) is 29.8 Å². The maximum atomic E-state index is 11.0. The Labute approximate surface area is 125 Å². The third-order valence-electron chi connectivity index (χ3n) is 2.18. The average Bonchev–Trinajstić information content (AvgIpc) is 2.37. The molecular weight excluding hydrogens is 320 g/mol. The third-order valence-corrected chi connectivity index (χ3v) is 3.20. The van der Waals surface area contributed by atoms with Crippen molar-refractivity contribution in [3.63, 3.8) is 0 Å². The van der Waals surface area contributed by atoms with Gasteiger partial charge in [-0.25, -0.2) is 0 Å². The second-order valence-electron chi connectivity index (χ2n) is 3.67. The fraction of sp³-hybridized carbons (Fsp3) is 0. The standard InChI is InChI=1S/C12H10N2OS.ClHO4/c13-11(15)9-6-7-10(16-12(9)14)8-4-2-1-3-5-8;2-1(3,4)5/h1-7,14H,(H2,13,15);(H,2,3,4,5). The fourth-order valence-corrected chi connectivity index (χ4v) is 2.27. The molecule has 0 aliphatic carbocycles. The van der Waals surface area contributed by atoms with Gasteiger partial charge < -0.3 is 5.73 Å². The summed E-state index contributed by atoms with van der Waals surface area (Å²) >= 11 is 1.25. The molecule has 1 heterocycles. The van der Waals surface area contributed by atoms with Crippen LogP contribution in [-0.4, -0.2) is 10.6 Å². The minimum absolute atomic E-state index is 0.203. The van der Waals surface area contributed by atoms with Gasteiger partial charge in [-0.1, -0.05) is 30.3 Å². The molecule has 21 heavy (non-hydrogen) atoms. The lowest BCUT2D eigenvalue weighted by Crippen LogP contribution is -2.58. The van der Waals surface area contributed by atoms with Gasteiger partial charge in [-0.15, -0.1) is 11.3 Å². The molecule has 0 aliphatic rings. The predicted octanol–water partition coefficient (Wildman–Crippen LogP) is -2.13. The van der Waals surface area contributed by atoms with Gasteiger partial charge in [0, 0.05) is 4.88 Å². The molecular formula is C12H11ClN2O5S. The van der Waals surface area contributed by atoms with Gasteiger partial charge in [-0.3, -0.25) is 10.2 Å². The Hall–Kier alpha value is -1.81. The summed E-state index contributed by atoms with van der Waals surface area (Å²) in [6.45, 7) is 0. The smallest absolute Gasteiger partial charge is 0.251 e. The first-order valence-corrected chi connectivity index (χ1v) is 7.43. The normalized spacial score (nSPS) is 10.5. The number of hydrogen-bond donors (Lipinski definition) is 3. The Balaban J connectivity index is 0.000000383. The predicted molar refractivity (Wildman–Crippen MR) is 66.3 cm³/mol. The zero-order chi connectivity index (χ0) is 16.0. The molecule has 112 valence electrons. The van der Waals surface area contributed by atoms with Crippen LogP contribution in [0.3, 0.4) is 0 Å². The van der Waals surface area contributed by atoms with Crippen LogP contribution in [0.5, 0.6) is 0 Å². The first-order valence-electron chi connectivity index (χ1n) is 5.35. The Bertz CT molecular complexity index is 663. The monoisotopic (exact) mass is 330 g/mol. The van der Waals surface area contributed by atoms with E-state index in [1.54, 1.807) is 6.07 Å². The molecule has 0 aliphatic heterocycles. The zero-order valence-corrected chi connectivity index (χ0v) is 12.1. The SMILES string of the molecule is N=c1sc(-c2ccccc2)ccc1C(N)=O.[O-][Cl+3]([O-])([O-])O. The molecule has 0 radical (unpaired) electrons. The van der Waals surface area contributed by atoms with Gasteiger partial charge in [0.15, 0.2) is 0 Å². The highest BCUT2D eigenvalue weighted by molar-refractivity contribution is 7.12. The minimum atomic E-state index is -4.69. The lowest BCUT2D eigenvalue weighted by molar-refractivity contribution is -1.92. The number of nitrogens with two attached hydrogens (primary N) is 1. The molecule has 0 atom stereocenters. The van der Waals surface area contributed by atoms with Crippen molar-refractivity contribution < 1.29 is 33.7 Å². The molecule has 0 spiro atoms. The fourth-order valence-electron chi connectivity index (χ4n) is 1.39. The summed E-state index contributed by atoms with van der Waals surface area (Å²) in [5.74, 6) is -0.555. The third kappa shape index (κ3) is 6.45. The Kier molecular flexibility index (Phi) is 5.97. The van der Waals surface area contributed by atoms with Gasteiger partial charge in [-0.05, 0) is 17.7 Å². The van der Waals surface area contributed by atoms with E-state index in [0.29, 0.717) is 0 Å². The molecule has 0 bridgehead atoms. The lowest BCUT2D eigenvalue weighted by atomic mass is 10.2. The van der Waals surface area contributed by atoms with E-state index in [-0.39, 0.29) is 10.2 Å². The number of benzene rings is 1. The van der Waals surface area contributed by atoms with Gasteiger partial charge in [0.1, 0.15) is 4.67 Å². The van der Waals surface area contributed by atoms with Gasteiger partial charge in [-0.2, -0.15) is 14.0 Å². The van der Waals surface area contributed by atoms with E-state index in [2.05, 4.69) is 0 Å². The number of carbonyl (C=O) groups excluding carboxylic acids is 1. The first kappa shape index (κ1) is 17.2. The highest BCUT2D eigenvalue weighted by atomic mass is 35.7. The molecule has 0 fully saturated rings. The average molecular weight is 331 g/mol. The molecule has 0 saturated heterocycles. The molecule has 7 nitrogen and oxygen atoms in total. The second-order valence-corrected chi connectivity index (χ2v) is 5.51. The summed E-state index contributed by atoms with van der Waals surface area (Å²) in [6.07, 6.45) is 0. The van der Waals surface area contributed by atoms with Gasteiger partial charge in [0.25, 0.3) is 5.91 Å². The highest BCUT2D eigenvalue weighted by Gasteiger charge is 2.05. The Morgan fingerprint density at radius 2 is 1.67 bits per heavy atom. The van der Waals surface area contributed by atoms with Gasteiger partial charge >= 0.3 is 0 Å². The van der Waals surface area contributed by atoms with Crippen molar-refractivity contribution in [2.45, 2.75) is 0 Å². The van der Waals surface area contributed by atoms with Crippen molar-refractivity contribution >= 4 is 17.2 Å². The summed E-state index contributed by atoms with van der Waals surface area (Å²) in [5.41, 5.74) is 6.46. The van der Waals surface area contributed by atoms with Crippen LogP contribution in [0.2, 0.25) is 0 Å². The van der Waals surface area contributed by atoms with Crippen molar-refractivity contribution in [1.29, 1.82) is 5.41 Å². The first-order chi connectivity index (χ1) is 9.68. The summed E-state index contributed by atoms with van der Waals surface area (Å²) in [4.78, 5) is 11.9. The van der Waals surface area contributed by atoms with Crippen LogP contribution in [-0.2, 0) is 0 Å². The van der Waals surface area contributed by atoms with Crippen LogP contribution in [0.1, 0.15) is 10.4 Å². The van der Waals surface area contributed by atoms with Gasteiger partial charge in [0.2, 0.25) is 0 Å². The van der Waals surface area contributed by atoms with E-state index < -0.39 is 16.2 Å². The van der Waals surface area contributed by atoms with Crippen LogP contribution in [0.15, 0.2) is 42.5 Å². The van der Waals surface area contributed by atoms with Gasteiger partial charge in [0.05, 0.1) is 20.5 Å². The van der Waals surface area contributed by atoms with Crippen molar-refractivity contribution in [2.75, 3.05) is 0 Å². The number of amides is 1. The molecule has 1 amide bonds. The molecule has 2 aromatic rings. The summed E-state index contributed by atoms with van der Waals surface area (Å²) in [6, 6.07) is 13.2. The molecule has 9 heteroatoms. The van der Waals surface area contributed by atoms with Crippen LogP contribution in [0, 0.1) is 15.7 Å². The molecule has 2 rings (SSSR count). The van der Waals surface area contributed by atoms with E-state index in [0.717, 1.165) is 10.4 Å². The zero-order valence-electron chi connectivity index (χ0n) is 10.5. The van der Waals surface area contributed by atoms with E-state index in [9.17, 15) is 4.79 Å². The number of nitrogens with one attached hydrogen (secondary N) is 1. The van der Waals surface area contributed by atoms with Crippen LogP contribution >= 0.6 is 11.3 Å². The molecule has 0 unspecified atom stereocenters. The number of halogens is 1. The molecule has 1 aromatic carbocycles. The maximum Gasteiger partial charge on any atom is 0.251 e. The number of primary amides is 1. The number of carbonyl (C=O) groups is 1. The van der Waals surface area contributed by atoms with E-state index in [1.165, 1.54) is 11.3 Å². The van der Waals surface area contributed by atoms with Crippen LogP contribution in [0.25, 0.3) is 10.4 Å². The minimum Gasteiger partial charge on any atom is -0.366 e. The molecule has 4 N–H and O–H groups in total. The summed E-state index contributed by atoms with van der Waals surface area (Å²) in [7, 11) is -4.69. The second kappa shape index (κ2) is 7.27.